The van der Waals surface area contributed by atoms with Gasteiger partial charge in [0, 0.05) is 6.20 Å². The number of amides is 1. The first kappa shape index (κ1) is 11.2. The highest BCUT2D eigenvalue weighted by Crippen LogP contribution is 2.27. The molecule has 0 spiro atoms. The third-order valence-electron chi connectivity index (χ3n) is 3.38. The fourth-order valence-electron chi connectivity index (χ4n) is 2.43. The van der Waals surface area contributed by atoms with Gasteiger partial charge in [0.15, 0.2) is 0 Å². The number of primary amides is 1. The van der Waals surface area contributed by atoms with Crippen LogP contribution in [0.2, 0.25) is 0 Å². The van der Waals surface area contributed by atoms with Crippen LogP contribution in [0.4, 0.5) is 0 Å². The lowest BCUT2D eigenvalue weighted by Gasteiger charge is -2.14. The predicted molar refractivity (Wildman–Crippen MR) is 62.2 cm³/mol. The van der Waals surface area contributed by atoms with Gasteiger partial charge in [0.05, 0.1) is 17.3 Å². The average Bonchev–Trinajstić information content (AvgIpc) is 2.50. The van der Waals surface area contributed by atoms with E-state index in [9.17, 15) is 4.79 Å². The van der Waals surface area contributed by atoms with Crippen LogP contribution in [0.1, 0.15) is 60.6 Å². The Morgan fingerprint density at radius 1 is 1.38 bits per heavy atom. The van der Waals surface area contributed by atoms with E-state index in [-0.39, 0.29) is 5.91 Å². The fraction of sp³-hybridized carbons (Fsp3) is 0.667. The topological polar surface area (TPSA) is 60.9 Å². The van der Waals surface area contributed by atoms with Gasteiger partial charge in [-0.15, -0.1) is 0 Å². The normalized spacial score (nSPS) is 18.3. The van der Waals surface area contributed by atoms with Gasteiger partial charge in [-0.1, -0.05) is 25.7 Å². The van der Waals surface area contributed by atoms with E-state index in [1.54, 1.807) is 0 Å². The molecule has 0 atom stereocenters. The number of aryl methyl sites for hydroxylation is 1. The van der Waals surface area contributed by atoms with Gasteiger partial charge in [0.2, 0.25) is 0 Å². The van der Waals surface area contributed by atoms with E-state index in [2.05, 4.69) is 5.10 Å². The number of rotatable bonds is 2. The number of nitrogens with two attached hydrogens (primary N) is 1. The Labute approximate surface area is 95.8 Å². The molecule has 1 aromatic heterocycles. The van der Waals surface area contributed by atoms with Crippen LogP contribution in [-0.2, 0) is 0 Å². The molecule has 1 aliphatic carbocycles. The molecule has 1 heterocycles. The molecule has 16 heavy (non-hydrogen) atoms. The van der Waals surface area contributed by atoms with E-state index in [0.717, 1.165) is 5.69 Å². The highest BCUT2D eigenvalue weighted by atomic mass is 16.1. The maximum Gasteiger partial charge on any atom is 0.252 e. The lowest BCUT2D eigenvalue weighted by molar-refractivity contribution is 0.0999. The van der Waals surface area contributed by atoms with Crippen molar-refractivity contribution in [2.24, 2.45) is 5.73 Å². The van der Waals surface area contributed by atoms with Crippen molar-refractivity contribution in [3.05, 3.63) is 17.5 Å². The second kappa shape index (κ2) is 4.68. The van der Waals surface area contributed by atoms with Gasteiger partial charge < -0.3 is 5.73 Å². The lowest BCUT2D eigenvalue weighted by atomic mass is 10.1. The maximum absolute atomic E-state index is 11.2. The SMILES string of the molecule is Cc1nn(C2CCCCCC2)cc1C(N)=O. The Bertz CT molecular complexity index is 376. The molecule has 0 saturated heterocycles. The third kappa shape index (κ3) is 2.26. The summed E-state index contributed by atoms with van der Waals surface area (Å²) in [5, 5.41) is 4.41. The van der Waals surface area contributed by atoms with Gasteiger partial charge in [0.25, 0.3) is 5.91 Å². The molecule has 0 aromatic carbocycles. The van der Waals surface area contributed by atoms with Crippen LogP contribution in [-0.4, -0.2) is 15.7 Å². The van der Waals surface area contributed by atoms with Crippen LogP contribution < -0.4 is 5.73 Å². The van der Waals surface area contributed by atoms with Crippen LogP contribution in [0.5, 0.6) is 0 Å². The van der Waals surface area contributed by atoms with Gasteiger partial charge in [-0.05, 0) is 19.8 Å². The molecule has 2 N–H and O–H groups in total. The molecule has 0 radical (unpaired) electrons. The summed E-state index contributed by atoms with van der Waals surface area (Å²) < 4.78 is 1.95. The summed E-state index contributed by atoms with van der Waals surface area (Å²) in [7, 11) is 0. The first-order chi connectivity index (χ1) is 7.68. The molecule has 4 heteroatoms. The largest absolute Gasteiger partial charge is 0.365 e. The average molecular weight is 221 g/mol. The standard InChI is InChI=1S/C12H19N3O/c1-9-11(12(13)16)8-15(14-9)10-6-4-2-3-5-7-10/h8,10H,2-7H2,1H3,(H2,13,16). The zero-order chi connectivity index (χ0) is 11.5. The van der Waals surface area contributed by atoms with Crippen LogP contribution in [0.25, 0.3) is 0 Å². The first-order valence-electron chi connectivity index (χ1n) is 6.04. The summed E-state index contributed by atoms with van der Waals surface area (Å²) in [5.74, 6) is -0.377. The van der Waals surface area contributed by atoms with Crippen molar-refractivity contribution in [2.75, 3.05) is 0 Å². The molecule has 4 nitrogen and oxygen atoms in total. The summed E-state index contributed by atoms with van der Waals surface area (Å²) in [6, 6.07) is 0.453. The Morgan fingerprint density at radius 3 is 2.50 bits per heavy atom. The molecule has 1 amide bonds. The zero-order valence-electron chi connectivity index (χ0n) is 9.78. The molecular formula is C12H19N3O. The van der Waals surface area contributed by atoms with Crippen molar-refractivity contribution in [1.29, 1.82) is 0 Å². The van der Waals surface area contributed by atoms with Crippen LogP contribution in [0.15, 0.2) is 6.20 Å². The zero-order valence-corrected chi connectivity index (χ0v) is 9.78. The Hall–Kier alpha value is -1.32. The number of hydrogen-bond donors (Lipinski definition) is 1. The molecule has 1 fully saturated rings. The Balaban J connectivity index is 2.19. The van der Waals surface area contributed by atoms with E-state index in [0.29, 0.717) is 11.6 Å². The minimum Gasteiger partial charge on any atom is -0.365 e. The van der Waals surface area contributed by atoms with Crippen molar-refractivity contribution in [3.8, 4) is 0 Å². The van der Waals surface area contributed by atoms with Gasteiger partial charge >= 0.3 is 0 Å². The predicted octanol–water partition coefficient (Wildman–Crippen LogP) is 2.19. The number of aromatic nitrogens is 2. The summed E-state index contributed by atoms with van der Waals surface area (Å²) >= 11 is 0. The van der Waals surface area contributed by atoms with Gasteiger partial charge in [-0.2, -0.15) is 5.10 Å². The summed E-state index contributed by atoms with van der Waals surface area (Å²) in [4.78, 5) is 11.2. The van der Waals surface area contributed by atoms with Gasteiger partial charge in [0.1, 0.15) is 0 Å². The van der Waals surface area contributed by atoms with Crippen molar-refractivity contribution >= 4 is 5.91 Å². The second-order valence-corrected chi connectivity index (χ2v) is 4.62. The number of nitrogens with zero attached hydrogens (tertiary/aromatic N) is 2. The summed E-state index contributed by atoms with van der Waals surface area (Å²) in [6.45, 7) is 1.84. The molecule has 1 aliphatic rings. The molecule has 0 unspecified atom stereocenters. The quantitative estimate of drug-likeness (QED) is 0.778. The van der Waals surface area contributed by atoms with Crippen LogP contribution in [0, 0.1) is 6.92 Å². The minimum absolute atomic E-state index is 0.377. The lowest BCUT2D eigenvalue weighted by Crippen LogP contribution is -2.11. The molecular weight excluding hydrogens is 202 g/mol. The number of carbonyl (C=O) groups is 1. The van der Waals surface area contributed by atoms with Gasteiger partial charge in [-0.3, -0.25) is 9.48 Å². The van der Waals surface area contributed by atoms with E-state index in [4.69, 9.17) is 5.73 Å². The summed E-state index contributed by atoms with van der Waals surface area (Å²) in [6.07, 6.45) is 9.30. The van der Waals surface area contributed by atoms with Crippen molar-refractivity contribution in [3.63, 3.8) is 0 Å². The molecule has 0 aliphatic heterocycles. The molecule has 2 rings (SSSR count). The van der Waals surface area contributed by atoms with Crippen molar-refractivity contribution in [1.82, 2.24) is 9.78 Å². The van der Waals surface area contributed by atoms with Gasteiger partial charge in [-0.25, -0.2) is 0 Å². The van der Waals surface area contributed by atoms with E-state index < -0.39 is 0 Å². The number of hydrogen-bond acceptors (Lipinski definition) is 2. The molecule has 0 bridgehead atoms. The van der Waals surface area contributed by atoms with Crippen molar-refractivity contribution < 1.29 is 4.79 Å². The van der Waals surface area contributed by atoms with Crippen LogP contribution in [0.3, 0.4) is 0 Å². The Kier molecular flexibility index (Phi) is 3.27. The van der Waals surface area contributed by atoms with Crippen molar-refractivity contribution in [2.45, 2.75) is 51.5 Å². The molecule has 1 aromatic rings. The minimum atomic E-state index is -0.377. The second-order valence-electron chi connectivity index (χ2n) is 4.62. The molecule has 88 valence electrons. The Morgan fingerprint density at radius 2 is 2.00 bits per heavy atom. The highest BCUT2D eigenvalue weighted by molar-refractivity contribution is 5.93. The van der Waals surface area contributed by atoms with E-state index in [1.807, 2.05) is 17.8 Å². The van der Waals surface area contributed by atoms with E-state index in [1.165, 1.54) is 38.5 Å². The molecule has 1 saturated carbocycles. The monoisotopic (exact) mass is 221 g/mol. The summed E-state index contributed by atoms with van der Waals surface area (Å²) in [5.41, 5.74) is 6.60. The first-order valence-corrected chi connectivity index (χ1v) is 6.04. The smallest absolute Gasteiger partial charge is 0.252 e. The maximum atomic E-state index is 11.2. The third-order valence-corrected chi connectivity index (χ3v) is 3.38. The van der Waals surface area contributed by atoms with E-state index >= 15 is 0 Å². The van der Waals surface area contributed by atoms with Crippen LogP contribution >= 0.6 is 0 Å². The highest BCUT2D eigenvalue weighted by Gasteiger charge is 2.18. The fourth-order valence-corrected chi connectivity index (χ4v) is 2.43. The number of carbonyl (C=O) groups excluding carboxylic acids is 1.